The normalized spacial score (nSPS) is 17.6. The van der Waals surface area contributed by atoms with Crippen LogP contribution in [0, 0.1) is 0 Å². The van der Waals surface area contributed by atoms with Gasteiger partial charge in [0.1, 0.15) is 0 Å². The fraction of sp³-hybridized carbons (Fsp3) is 0.588. The highest BCUT2D eigenvalue weighted by molar-refractivity contribution is 5.75. The van der Waals surface area contributed by atoms with Gasteiger partial charge in [0.15, 0.2) is 0 Å². The number of imidazole rings is 1. The Morgan fingerprint density at radius 2 is 2.00 bits per heavy atom. The molecule has 0 radical (unpaired) electrons. The smallest absolute Gasteiger partial charge is 0.313 e. The maximum atomic E-state index is 12.3. The van der Waals surface area contributed by atoms with Crippen molar-refractivity contribution in [1.82, 2.24) is 19.8 Å². The highest BCUT2D eigenvalue weighted by Gasteiger charge is 2.23. The number of aromatic nitrogens is 2. The molecule has 1 aliphatic heterocycles. The Balaban J connectivity index is 1.63. The molecule has 0 unspecified atom stereocenters. The lowest BCUT2D eigenvalue weighted by molar-refractivity contribution is 0.186. The van der Waals surface area contributed by atoms with Crippen molar-refractivity contribution in [3.05, 3.63) is 34.7 Å². The van der Waals surface area contributed by atoms with Crippen molar-refractivity contribution in [1.29, 1.82) is 0 Å². The van der Waals surface area contributed by atoms with Gasteiger partial charge in [0.2, 0.25) is 0 Å². The first-order valence-corrected chi connectivity index (χ1v) is 8.30. The molecule has 2 N–H and O–H groups in total. The summed E-state index contributed by atoms with van der Waals surface area (Å²) >= 11 is 0. The highest BCUT2D eigenvalue weighted by atomic mass is 16.1. The lowest BCUT2D eigenvalue weighted by Gasteiger charge is -2.32. The minimum atomic E-state index is 0.0288. The zero-order valence-corrected chi connectivity index (χ0v) is 13.5. The van der Waals surface area contributed by atoms with Crippen LogP contribution in [0.1, 0.15) is 32.7 Å². The third-order valence-corrected chi connectivity index (χ3v) is 4.53. The fourth-order valence-electron chi connectivity index (χ4n) is 3.35. The second-order valence-electron chi connectivity index (χ2n) is 6.50. The monoisotopic (exact) mass is 302 g/mol. The second-order valence-corrected chi connectivity index (χ2v) is 6.50. The average Bonchev–Trinajstić information content (AvgIpc) is 2.83. The molecule has 1 saturated heterocycles. The summed E-state index contributed by atoms with van der Waals surface area (Å²) in [7, 11) is 0. The van der Waals surface area contributed by atoms with Crippen LogP contribution < -0.4 is 11.0 Å². The molecule has 1 aromatic heterocycles. The number of para-hydroxylation sites is 2. The topological polar surface area (TPSA) is 53.1 Å². The molecule has 1 aliphatic rings. The summed E-state index contributed by atoms with van der Waals surface area (Å²) in [6.07, 6.45) is 2.09. The van der Waals surface area contributed by atoms with Crippen LogP contribution in [0.5, 0.6) is 0 Å². The number of piperidine rings is 1. The van der Waals surface area contributed by atoms with E-state index in [4.69, 9.17) is 0 Å². The second kappa shape index (κ2) is 6.67. The van der Waals surface area contributed by atoms with Gasteiger partial charge in [-0.1, -0.05) is 26.0 Å². The molecule has 0 amide bonds. The van der Waals surface area contributed by atoms with E-state index < -0.39 is 0 Å². The number of fused-ring (bicyclic) bond motifs is 1. The molecule has 1 aromatic carbocycles. The van der Waals surface area contributed by atoms with Gasteiger partial charge >= 0.3 is 5.69 Å². The van der Waals surface area contributed by atoms with E-state index in [-0.39, 0.29) is 5.69 Å². The van der Waals surface area contributed by atoms with Crippen LogP contribution in [0.3, 0.4) is 0 Å². The summed E-state index contributed by atoms with van der Waals surface area (Å²) in [6.45, 7) is 8.61. The van der Waals surface area contributed by atoms with Crippen molar-refractivity contribution in [3.63, 3.8) is 0 Å². The maximum Gasteiger partial charge on any atom is 0.326 e. The molecular formula is C17H26N4O. The van der Waals surface area contributed by atoms with Gasteiger partial charge in [-0.15, -0.1) is 0 Å². The number of H-pyrrole nitrogens is 1. The van der Waals surface area contributed by atoms with Crippen molar-refractivity contribution in [3.8, 4) is 0 Å². The van der Waals surface area contributed by atoms with E-state index in [1.165, 1.54) is 0 Å². The van der Waals surface area contributed by atoms with Crippen LogP contribution in [0.25, 0.3) is 11.0 Å². The molecule has 5 heteroatoms. The average molecular weight is 302 g/mol. The number of benzene rings is 1. The van der Waals surface area contributed by atoms with Gasteiger partial charge in [-0.3, -0.25) is 4.57 Å². The third-order valence-electron chi connectivity index (χ3n) is 4.53. The first-order valence-electron chi connectivity index (χ1n) is 8.30. The number of nitrogens with one attached hydrogen (secondary N) is 2. The van der Waals surface area contributed by atoms with Gasteiger partial charge in [-0.2, -0.15) is 0 Å². The van der Waals surface area contributed by atoms with Gasteiger partial charge in [-0.05, 0) is 25.0 Å². The van der Waals surface area contributed by atoms with Crippen LogP contribution in [0.2, 0.25) is 0 Å². The quantitative estimate of drug-likeness (QED) is 0.888. The van der Waals surface area contributed by atoms with Gasteiger partial charge in [-0.25, -0.2) is 4.79 Å². The van der Waals surface area contributed by atoms with E-state index in [1.807, 2.05) is 28.8 Å². The van der Waals surface area contributed by atoms with Gasteiger partial charge < -0.3 is 15.2 Å². The SMILES string of the molecule is CC(C)NCCN1CCC(n2c(=O)[nH]c3ccccc32)CC1. The molecule has 22 heavy (non-hydrogen) atoms. The van der Waals surface area contributed by atoms with Gasteiger partial charge in [0, 0.05) is 38.3 Å². The molecule has 3 rings (SSSR count). The molecule has 0 saturated carbocycles. The number of aromatic amines is 1. The van der Waals surface area contributed by atoms with E-state index in [1.54, 1.807) is 0 Å². The number of hydrogen-bond acceptors (Lipinski definition) is 3. The Kier molecular flexibility index (Phi) is 4.64. The molecule has 0 spiro atoms. The number of nitrogens with zero attached hydrogens (tertiary/aromatic N) is 2. The molecule has 1 fully saturated rings. The van der Waals surface area contributed by atoms with Crippen LogP contribution in [0.4, 0.5) is 0 Å². The number of likely N-dealkylation sites (tertiary alicyclic amines) is 1. The Morgan fingerprint density at radius 3 is 2.73 bits per heavy atom. The lowest BCUT2D eigenvalue weighted by atomic mass is 10.0. The van der Waals surface area contributed by atoms with Gasteiger partial charge in [0.25, 0.3) is 0 Å². The molecule has 0 aliphatic carbocycles. The third kappa shape index (κ3) is 3.25. The first-order chi connectivity index (χ1) is 10.6. The summed E-state index contributed by atoms with van der Waals surface area (Å²) in [6, 6.07) is 8.83. The maximum absolute atomic E-state index is 12.3. The van der Waals surface area contributed by atoms with Gasteiger partial charge in [0.05, 0.1) is 11.0 Å². The molecule has 2 aromatic rings. The van der Waals surface area contributed by atoms with Crippen molar-refractivity contribution < 1.29 is 0 Å². The zero-order valence-electron chi connectivity index (χ0n) is 13.5. The van der Waals surface area contributed by atoms with Crippen LogP contribution in [-0.2, 0) is 0 Å². The predicted molar refractivity (Wildman–Crippen MR) is 90.4 cm³/mol. The standard InChI is InChI=1S/C17H26N4O/c1-13(2)18-9-12-20-10-7-14(8-11-20)21-16-6-4-3-5-15(16)19-17(21)22/h3-6,13-14,18H,7-12H2,1-2H3,(H,19,22). The molecular weight excluding hydrogens is 276 g/mol. The Labute approximate surface area is 131 Å². The molecule has 120 valence electrons. The van der Waals surface area contributed by atoms with E-state index in [0.717, 1.165) is 50.1 Å². The van der Waals surface area contributed by atoms with E-state index >= 15 is 0 Å². The largest absolute Gasteiger partial charge is 0.326 e. The first kappa shape index (κ1) is 15.3. The summed E-state index contributed by atoms with van der Waals surface area (Å²) < 4.78 is 1.96. The molecule has 5 nitrogen and oxygen atoms in total. The highest BCUT2D eigenvalue weighted by Crippen LogP contribution is 2.24. The summed E-state index contributed by atoms with van der Waals surface area (Å²) in [5.74, 6) is 0. The van der Waals surface area contributed by atoms with Crippen molar-refractivity contribution in [2.45, 2.75) is 38.8 Å². The van der Waals surface area contributed by atoms with Crippen LogP contribution in [0.15, 0.2) is 29.1 Å². The Hall–Kier alpha value is -1.59. The summed E-state index contributed by atoms with van der Waals surface area (Å²) in [4.78, 5) is 17.7. The van der Waals surface area contributed by atoms with Crippen molar-refractivity contribution in [2.75, 3.05) is 26.2 Å². The lowest BCUT2D eigenvalue weighted by Crippen LogP contribution is -2.41. The zero-order chi connectivity index (χ0) is 15.5. The number of rotatable bonds is 5. The van der Waals surface area contributed by atoms with Crippen molar-refractivity contribution >= 4 is 11.0 Å². The van der Waals surface area contributed by atoms with Crippen LogP contribution >= 0.6 is 0 Å². The van der Waals surface area contributed by atoms with Crippen molar-refractivity contribution in [2.24, 2.45) is 0 Å². The predicted octanol–water partition coefficient (Wildman–Crippen LogP) is 1.96. The Morgan fingerprint density at radius 1 is 1.27 bits per heavy atom. The minimum Gasteiger partial charge on any atom is -0.313 e. The van der Waals surface area contributed by atoms with E-state index in [9.17, 15) is 4.79 Å². The summed E-state index contributed by atoms with van der Waals surface area (Å²) in [5, 5.41) is 3.46. The molecule has 0 atom stereocenters. The minimum absolute atomic E-state index is 0.0288. The van der Waals surface area contributed by atoms with Crippen LogP contribution in [-0.4, -0.2) is 46.7 Å². The fourth-order valence-corrected chi connectivity index (χ4v) is 3.35. The van der Waals surface area contributed by atoms with E-state index in [2.05, 4.69) is 29.0 Å². The summed E-state index contributed by atoms with van der Waals surface area (Å²) in [5.41, 5.74) is 2.00. The molecule has 0 bridgehead atoms. The van der Waals surface area contributed by atoms with E-state index in [0.29, 0.717) is 12.1 Å². The Bertz CT molecular complexity index is 665. The number of hydrogen-bond donors (Lipinski definition) is 2. The molecule has 2 heterocycles.